The number of rotatable bonds is 9. The first-order valence-corrected chi connectivity index (χ1v) is 9.75. The molecule has 0 aliphatic carbocycles. The summed E-state index contributed by atoms with van der Waals surface area (Å²) in [5.74, 6) is 1.71. The van der Waals surface area contributed by atoms with Crippen LogP contribution in [0.4, 0.5) is 5.69 Å². The van der Waals surface area contributed by atoms with Crippen molar-refractivity contribution in [3.63, 3.8) is 0 Å². The molecule has 0 spiro atoms. The third-order valence-electron chi connectivity index (χ3n) is 4.58. The molecule has 3 aromatic rings. The molecule has 0 radical (unpaired) electrons. The first kappa shape index (κ1) is 21.7. The number of nitrogens with one attached hydrogen (secondary N) is 1. The molecule has 0 bridgehead atoms. The van der Waals surface area contributed by atoms with Crippen molar-refractivity contribution in [1.82, 2.24) is 0 Å². The number of methoxy groups -OCH3 is 3. The Morgan fingerprint density at radius 2 is 1.45 bits per heavy atom. The number of carbonyl (C=O) groups is 1. The zero-order valence-electron chi connectivity index (χ0n) is 17.8. The number of carbonyl (C=O) groups excluding carboxylic acids is 1. The van der Waals surface area contributed by atoms with Gasteiger partial charge in [-0.05, 0) is 35.4 Å². The summed E-state index contributed by atoms with van der Waals surface area (Å²) in [6, 6.07) is 20.8. The third kappa shape index (κ3) is 5.76. The number of ether oxygens (including phenoxy) is 3. The average molecular weight is 415 g/mol. The first-order chi connectivity index (χ1) is 15.1. The summed E-state index contributed by atoms with van der Waals surface area (Å²) < 4.78 is 16.2. The molecule has 0 atom stereocenters. The second kappa shape index (κ2) is 10.7. The highest BCUT2D eigenvalue weighted by Crippen LogP contribution is 2.38. The van der Waals surface area contributed by atoms with Crippen LogP contribution in [0, 0.1) is 0 Å². The fraction of sp³-hybridized carbons (Fsp3) is 0.115. The molecule has 1 N–H and O–H groups in total. The maximum atomic E-state index is 12.1. The highest BCUT2D eigenvalue weighted by molar-refractivity contribution is 6.04. The lowest BCUT2D eigenvalue weighted by Crippen LogP contribution is -1.96. The lowest BCUT2D eigenvalue weighted by molar-refractivity contribution is 0.104. The molecule has 0 unspecified atom stereocenters. The Hall–Kier alpha value is -3.99. The van der Waals surface area contributed by atoms with Crippen LogP contribution in [0.3, 0.4) is 0 Å². The van der Waals surface area contributed by atoms with E-state index in [1.807, 2.05) is 66.7 Å². The van der Waals surface area contributed by atoms with Gasteiger partial charge in [-0.15, -0.1) is 0 Å². The molecule has 5 heteroatoms. The molecule has 0 aliphatic heterocycles. The Balaban J connectivity index is 1.71. The fourth-order valence-electron chi connectivity index (χ4n) is 3.03. The predicted octanol–water partition coefficient (Wildman–Crippen LogP) is 5.69. The van der Waals surface area contributed by atoms with Crippen LogP contribution < -0.4 is 19.5 Å². The van der Waals surface area contributed by atoms with E-state index in [0.717, 1.165) is 16.8 Å². The van der Waals surface area contributed by atoms with Crippen LogP contribution in [0.5, 0.6) is 17.2 Å². The van der Waals surface area contributed by atoms with E-state index < -0.39 is 0 Å². The summed E-state index contributed by atoms with van der Waals surface area (Å²) in [6.07, 6.45) is 7.13. The van der Waals surface area contributed by atoms with Crippen molar-refractivity contribution in [2.75, 3.05) is 26.6 Å². The summed E-state index contributed by atoms with van der Waals surface area (Å²) >= 11 is 0. The van der Waals surface area contributed by atoms with E-state index in [-0.39, 0.29) is 5.78 Å². The molecule has 0 aromatic heterocycles. The van der Waals surface area contributed by atoms with Crippen LogP contribution in [0.15, 0.2) is 79.0 Å². The minimum absolute atomic E-state index is 0.0495. The minimum Gasteiger partial charge on any atom is -0.493 e. The number of allylic oxidation sites excluding steroid dienone is 1. The highest BCUT2D eigenvalue weighted by atomic mass is 16.5. The number of benzene rings is 3. The molecule has 5 nitrogen and oxygen atoms in total. The molecule has 31 heavy (non-hydrogen) atoms. The molecule has 0 saturated carbocycles. The summed E-state index contributed by atoms with van der Waals surface area (Å²) in [7, 11) is 4.77. The Labute approximate surface area is 182 Å². The van der Waals surface area contributed by atoms with Crippen molar-refractivity contribution in [1.29, 1.82) is 0 Å². The normalized spacial score (nSPS) is 10.9. The third-order valence-corrected chi connectivity index (χ3v) is 4.58. The standard InChI is InChI=1S/C26H25NO4/c1-29-24-17-20(18-25(30-2)26(24)31-3)13-12-19-8-7-11-22(16-19)27-15-14-23(28)21-9-5-4-6-10-21/h4-18,27H,1-3H3/b13-12?,15-14-. The monoisotopic (exact) mass is 415 g/mol. The van der Waals surface area contributed by atoms with E-state index in [4.69, 9.17) is 14.2 Å². The van der Waals surface area contributed by atoms with Gasteiger partial charge in [-0.1, -0.05) is 54.6 Å². The van der Waals surface area contributed by atoms with Gasteiger partial charge in [-0.3, -0.25) is 4.79 Å². The van der Waals surface area contributed by atoms with Crippen molar-refractivity contribution >= 4 is 23.6 Å². The van der Waals surface area contributed by atoms with Crippen LogP contribution >= 0.6 is 0 Å². The van der Waals surface area contributed by atoms with E-state index >= 15 is 0 Å². The van der Waals surface area contributed by atoms with Crippen molar-refractivity contribution in [3.05, 3.63) is 95.7 Å². The smallest absolute Gasteiger partial charge is 0.203 e. The molecular weight excluding hydrogens is 390 g/mol. The minimum atomic E-state index is -0.0495. The summed E-state index contributed by atoms with van der Waals surface area (Å²) in [6.45, 7) is 0. The number of ketones is 1. The molecule has 158 valence electrons. The number of hydrogen-bond acceptors (Lipinski definition) is 5. The first-order valence-electron chi connectivity index (χ1n) is 9.75. The van der Waals surface area contributed by atoms with E-state index in [1.54, 1.807) is 39.7 Å². The van der Waals surface area contributed by atoms with E-state index in [9.17, 15) is 4.79 Å². The van der Waals surface area contributed by atoms with Gasteiger partial charge in [0.2, 0.25) is 5.75 Å². The zero-order valence-corrected chi connectivity index (χ0v) is 17.8. The molecule has 0 aliphatic rings. The van der Waals surface area contributed by atoms with Gasteiger partial charge in [0, 0.05) is 23.5 Å². The lowest BCUT2D eigenvalue weighted by atomic mass is 10.1. The maximum absolute atomic E-state index is 12.1. The van der Waals surface area contributed by atoms with Crippen LogP contribution in [-0.2, 0) is 0 Å². The van der Waals surface area contributed by atoms with Crippen LogP contribution in [-0.4, -0.2) is 27.1 Å². The molecule has 3 aromatic carbocycles. The van der Waals surface area contributed by atoms with Gasteiger partial charge in [-0.25, -0.2) is 0 Å². The van der Waals surface area contributed by atoms with Gasteiger partial charge in [0.05, 0.1) is 21.3 Å². The molecule has 0 heterocycles. The van der Waals surface area contributed by atoms with Crippen LogP contribution in [0.2, 0.25) is 0 Å². The number of anilines is 1. The molecule has 0 amide bonds. The van der Waals surface area contributed by atoms with Gasteiger partial charge in [0.1, 0.15) is 0 Å². The Morgan fingerprint density at radius 1 is 0.774 bits per heavy atom. The molecular formula is C26H25NO4. The fourth-order valence-corrected chi connectivity index (χ4v) is 3.03. The summed E-state index contributed by atoms with van der Waals surface area (Å²) in [5.41, 5.74) is 3.45. The SMILES string of the molecule is COc1cc(C=Cc2cccc(N/C=C\C(=O)c3ccccc3)c2)cc(OC)c1OC. The average Bonchev–Trinajstić information content (AvgIpc) is 2.82. The van der Waals surface area contributed by atoms with Crippen molar-refractivity contribution < 1.29 is 19.0 Å². The van der Waals surface area contributed by atoms with Gasteiger partial charge in [0.25, 0.3) is 0 Å². The van der Waals surface area contributed by atoms with E-state index in [0.29, 0.717) is 22.8 Å². The Morgan fingerprint density at radius 3 is 2.10 bits per heavy atom. The van der Waals surface area contributed by atoms with Gasteiger partial charge < -0.3 is 19.5 Å². The Bertz CT molecular complexity index is 1060. The predicted molar refractivity (Wildman–Crippen MR) is 125 cm³/mol. The second-order valence-electron chi connectivity index (χ2n) is 6.63. The summed E-state index contributed by atoms with van der Waals surface area (Å²) in [5, 5.41) is 3.14. The van der Waals surface area contributed by atoms with Crippen molar-refractivity contribution in [2.24, 2.45) is 0 Å². The van der Waals surface area contributed by atoms with E-state index in [1.165, 1.54) is 6.08 Å². The number of hydrogen-bond donors (Lipinski definition) is 1. The van der Waals surface area contributed by atoms with Gasteiger partial charge in [-0.2, -0.15) is 0 Å². The van der Waals surface area contributed by atoms with Gasteiger partial charge >= 0.3 is 0 Å². The van der Waals surface area contributed by atoms with E-state index in [2.05, 4.69) is 5.32 Å². The lowest BCUT2D eigenvalue weighted by Gasteiger charge is -2.12. The topological polar surface area (TPSA) is 56.8 Å². The van der Waals surface area contributed by atoms with Crippen molar-refractivity contribution in [3.8, 4) is 17.2 Å². The highest BCUT2D eigenvalue weighted by Gasteiger charge is 2.11. The van der Waals surface area contributed by atoms with Gasteiger partial charge in [0.15, 0.2) is 17.3 Å². The molecule has 0 fully saturated rings. The summed E-state index contributed by atoms with van der Waals surface area (Å²) in [4.78, 5) is 12.1. The maximum Gasteiger partial charge on any atom is 0.203 e. The van der Waals surface area contributed by atoms with Crippen LogP contribution in [0.1, 0.15) is 21.5 Å². The second-order valence-corrected chi connectivity index (χ2v) is 6.63. The molecule has 3 rings (SSSR count). The zero-order chi connectivity index (χ0) is 22.1. The van der Waals surface area contributed by atoms with Crippen molar-refractivity contribution in [2.45, 2.75) is 0 Å². The van der Waals surface area contributed by atoms with Crippen LogP contribution in [0.25, 0.3) is 12.2 Å². The molecule has 0 saturated heterocycles. The quantitative estimate of drug-likeness (QED) is 0.276. The largest absolute Gasteiger partial charge is 0.493 e. The Kier molecular flexibility index (Phi) is 7.49.